The number of hydrogen-bond donors (Lipinski definition) is 1. The highest BCUT2D eigenvalue weighted by molar-refractivity contribution is 5.76. The zero-order chi connectivity index (χ0) is 13.1. The maximum atomic E-state index is 12.2. The summed E-state index contributed by atoms with van der Waals surface area (Å²) in [4.78, 5) is 14.3. The van der Waals surface area contributed by atoms with E-state index in [1.165, 1.54) is 0 Å². The minimum absolute atomic E-state index is 0.291. The molecule has 2 rings (SSSR count). The predicted molar refractivity (Wildman–Crippen MR) is 71.4 cm³/mol. The first-order valence-electron chi connectivity index (χ1n) is 7.26. The molecule has 1 amide bonds. The smallest absolute Gasteiger partial charge is 0.223 e. The quantitative estimate of drug-likeness (QED) is 0.830. The highest BCUT2D eigenvalue weighted by Crippen LogP contribution is 2.23. The van der Waals surface area contributed by atoms with E-state index in [0.717, 1.165) is 32.4 Å². The lowest BCUT2D eigenvalue weighted by molar-refractivity contribution is -0.135. The first-order chi connectivity index (χ1) is 8.58. The highest BCUT2D eigenvalue weighted by atomic mass is 16.5. The molecule has 1 N–H and O–H groups in total. The Labute approximate surface area is 110 Å². The lowest BCUT2D eigenvalue weighted by Crippen LogP contribution is -2.57. The van der Waals surface area contributed by atoms with Gasteiger partial charge in [-0.05, 0) is 40.0 Å². The van der Waals surface area contributed by atoms with Crippen molar-refractivity contribution >= 4 is 5.91 Å². The van der Waals surface area contributed by atoms with E-state index >= 15 is 0 Å². The molecule has 18 heavy (non-hydrogen) atoms. The van der Waals surface area contributed by atoms with Crippen molar-refractivity contribution in [2.45, 2.75) is 70.7 Å². The van der Waals surface area contributed by atoms with Crippen LogP contribution in [-0.4, -0.2) is 48.2 Å². The summed E-state index contributed by atoms with van der Waals surface area (Å²) < 4.78 is 5.76. The van der Waals surface area contributed by atoms with Crippen LogP contribution in [0, 0.1) is 0 Å². The average molecular weight is 254 g/mol. The molecule has 4 unspecified atom stereocenters. The summed E-state index contributed by atoms with van der Waals surface area (Å²) in [5.74, 6) is 0.291. The van der Waals surface area contributed by atoms with Crippen molar-refractivity contribution in [3.8, 4) is 0 Å². The first kappa shape index (κ1) is 13.8. The van der Waals surface area contributed by atoms with E-state index in [9.17, 15) is 4.79 Å². The fourth-order valence-electron chi connectivity index (χ4n) is 2.93. The molecule has 2 heterocycles. The van der Waals surface area contributed by atoms with Crippen LogP contribution in [-0.2, 0) is 9.53 Å². The van der Waals surface area contributed by atoms with Crippen LogP contribution in [0.3, 0.4) is 0 Å². The minimum Gasteiger partial charge on any atom is -0.375 e. The Morgan fingerprint density at radius 3 is 2.78 bits per heavy atom. The van der Waals surface area contributed by atoms with Gasteiger partial charge < -0.3 is 15.0 Å². The average Bonchev–Trinajstić information content (AvgIpc) is 2.76. The Morgan fingerprint density at radius 2 is 2.11 bits per heavy atom. The second-order valence-corrected chi connectivity index (χ2v) is 5.76. The molecule has 4 nitrogen and oxygen atoms in total. The SMILES string of the molecule is CC1CCC(CCC(=O)N2CCNC(C)C2C)O1. The van der Waals surface area contributed by atoms with Crippen molar-refractivity contribution in [3.05, 3.63) is 0 Å². The number of nitrogens with one attached hydrogen (secondary N) is 1. The highest BCUT2D eigenvalue weighted by Gasteiger charge is 2.29. The fraction of sp³-hybridized carbons (Fsp3) is 0.929. The lowest BCUT2D eigenvalue weighted by atomic mass is 10.0. The molecular formula is C14H26N2O2. The van der Waals surface area contributed by atoms with E-state index in [1.807, 2.05) is 4.90 Å². The number of rotatable bonds is 3. The molecule has 4 atom stereocenters. The Kier molecular flexibility index (Phi) is 4.62. The van der Waals surface area contributed by atoms with Crippen molar-refractivity contribution in [2.75, 3.05) is 13.1 Å². The molecule has 2 saturated heterocycles. The van der Waals surface area contributed by atoms with E-state index in [1.54, 1.807) is 0 Å². The van der Waals surface area contributed by atoms with Gasteiger partial charge in [0.1, 0.15) is 0 Å². The number of carbonyl (C=O) groups excluding carboxylic acids is 1. The van der Waals surface area contributed by atoms with Crippen LogP contribution in [0.4, 0.5) is 0 Å². The molecule has 2 aliphatic rings. The molecule has 2 fully saturated rings. The maximum Gasteiger partial charge on any atom is 0.223 e. The number of hydrogen-bond acceptors (Lipinski definition) is 3. The second kappa shape index (κ2) is 6.02. The molecule has 0 aromatic rings. The van der Waals surface area contributed by atoms with E-state index in [4.69, 9.17) is 4.74 Å². The summed E-state index contributed by atoms with van der Waals surface area (Å²) in [6.45, 7) is 8.14. The van der Waals surface area contributed by atoms with Crippen molar-refractivity contribution in [1.29, 1.82) is 0 Å². The first-order valence-corrected chi connectivity index (χ1v) is 7.26. The van der Waals surface area contributed by atoms with E-state index in [0.29, 0.717) is 36.6 Å². The molecule has 0 aromatic heterocycles. The number of amides is 1. The van der Waals surface area contributed by atoms with E-state index in [2.05, 4.69) is 26.1 Å². The molecule has 0 saturated carbocycles. The van der Waals surface area contributed by atoms with Gasteiger partial charge in [-0.25, -0.2) is 0 Å². The fourth-order valence-corrected chi connectivity index (χ4v) is 2.93. The van der Waals surface area contributed by atoms with Crippen LogP contribution < -0.4 is 5.32 Å². The Hall–Kier alpha value is -0.610. The summed E-state index contributed by atoms with van der Waals surface area (Å²) in [5.41, 5.74) is 0. The molecule has 104 valence electrons. The summed E-state index contributed by atoms with van der Waals surface area (Å²) in [6.07, 6.45) is 4.45. The van der Waals surface area contributed by atoms with E-state index < -0.39 is 0 Å². The zero-order valence-corrected chi connectivity index (χ0v) is 11.8. The van der Waals surface area contributed by atoms with Gasteiger partial charge in [0.15, 0.2) is 0 Å². The third-order valence-corrected chi connectivity index (χ3v) is 4.35. The van der Waals surface area contributed by atoms with Crippen molar-refractivity contribution < 1.29 is 9.53 Å². The second-order valence-electron chi connectivity index (χ2n) is 5.76. The Morgan fingerprint density at radius 1 is 1.33 bits per heavy atom. The normalized spacial score (nSPS) is 36.9. The molecule has 0 spiro atoms. The summed E-state index contributed by atoms with van der Waals surface area (Å²) in [6, 6.07) is 0.695. The summed E-state index contributed by atoms with van der Waals surface area (Å²) >= 11 is 0. The number of nitrogens with zero attached hydrogens (tertiary/aromatic N) is 1. The van der Waals surface area contributed by atoms with Crippen molar-refractivity contribution in [3.63, 3.8) is 0 Å². The summed E-state index contributed by atoms with van der Waals surface area (Å²) in [5, 5.41) is 3.40. The molecule has 4 heteroatoms. The minimum atomic E-state index is 0.291. The van der Waals surface area contributed by atoms with E-state index in [-0.39, 0.29) is 0 Å². The lowest BCUT2D eigenvalue weighted by Gasteiger charge is -2.38. The maximum absolute atomic E-state index is 12.2. The summed E-state index contributed by atoms with van der Waals surface area (Å²) in [7, 11) is 0. The van der Waals surface area contributed by atoms with Crippen LogP contribution >= 0.6 is 0 Å². The standard InChI is InChI=1S/C14H26N2O2/c1-10-4-5-13(18-10)6-7-14(17)16-9-8-15-11(2)12(16)3/h10-13,15H,4-9H2,1-3H3. The van der Waals surface area contributed by atoms with Gasteiger partial charge in [0, 0.05) is 31.6 Å². The van der Waals surface area contributed by atoms with Crippen molar-refractivity contribution in [2.24, 2.45) is 0 Å². The van der Waals surface area contributed by atoms with Crippen LogP contribution in [0.15, 0.2) is 0 Å². The van der Waals surface area contributed by atoms with Gasteiger partial charge in [-0.2, -0.15) is 0 Å². The monoisotopic (exact) mass is 254 g/mol. The Bertz CT molecular complexity index is 296. The largest absolute Gasteiger partial charge is 0.375 e. The molecule has 0 aliphatic carbocycles. The van der Waals surface area contributed by atoms with Gasteiger partial charge in [-0.3, -0.25) is 4.79 Å². The van der Waals surface area contributed by atoms with Crippen LogP contribution in [0.1, 0.15) is 46.5 Å². The molecule has 0 aromatic carbocycles. The Balaban J connectivity index is 1.77. The predicted octanol–water partition coefficient (Wildman–Crippen LogP) is 1.54. The number of ether oxygens (including phenoxy) is 1. The van der Waals surface area contributed by atoms with Gasteiger partial charge in [0.25, 0.3) is 0 Å². The third kappa shape index (κ3) is 3.23. The molecule has 0 radical (unpaired) electrons. The van der Waals surface area contributed by atoms with Crippen LogP contribution in [0.25, 0.3) is 0 Å². The van der Waals surface area contributed by atoms with Gasteiger partial charge in [-0.15, -0.1) is 0 Å². The molecular weight excluding hydrogens is 228 g/mol. The number of carbonyl (C=O) groups is 1. The van der Waals surface area contributed by atoms with Crippen molar-refractivity contribution in [1.82, 2.24) is 10.2 Å². The van der Waals surface area contributed by atoms with Crippen LogP contribution in [0.2, 0.25) is 0 Å². The van der Waals surface area contributed by atoms with Gasteiger partial charge in [0.05, 0.1) is 12.2 Å². The third-order valence-electron chi connectivity index (χ3n) is 4.35. The van der Waals surface area contributed by atoms with Gasteiger partial charge >= 0.3 is 0 Å². The topological polar surface area (TPSA) is 41.6 Å². The molecule has 0 bridgehead atoms. The van der Waals surface area contributed by atoms with Gasteiger partial charge in [0.2, 0.25) is 5.91 Å². The van der Waals surface area contributed by atoms with Crippen LogP contribution in [0.5, 0.6) is 0 Å². The number of piperazine rings is 1. The zero-order valence-electron chi connectivity index (χ0n) is 11.8. The van der Waals surface area contributed by atoms with Gasteiger partial charge in [-0.1, -0.05) is 0 Å². The molecule has 2 aliphatic heterocycles.